The van der Waals surface area contributed by atoms with Gasteiger partial charge in [-0.15, -0.1) is 12.4 Å². The minimum absolute atomic E-state index is 0. The van der Waals surface area contributed by atoms with Gasteiger partial charge >= 0.3 is 5.97 Å². The van der Waals surface area contributed by atoms with E-state index in [1.54, 1.807) is 7.11 Å². The third-order valence-corrected chi connectivity index (χ3v) is 9.79. The molecule has 1 saturated heterocycles. The number of ether oxygens (including phenoxy) is 2. The van der Waals surface area contributed by atoms with E-state index in [9.17, 15) is 9.59 Å². The molecule has 2 heterocycles. The highest BCUT2D eigenvalue weighted by molar-refractivity contribution is 6.16. The number of aryl methyl sites for hydroxylation is 3. The second kappa shape index (κ2) is 17.5. The van der Waals surface area contributed by atoms with E-state index >= 15 is 0 Å². The number of aromatic nitrogens is 1. The first-order valence-electron chi connectivity index (χ1n) is 17.8. The van der Waals surface area contributed by atoms with Crippen LogP contribution in [-0.4, -0.2) is 79.8 Å². The molecule has 5 aromatic rings. The molecule has 10 heteroatoms. The number of nitrogens with zero attached hydrogens (tertiary/aromatic N) is 4. The summed E-state index contributed by atoms with van der Waals surface area (Å²) in [5.41, 5.74) is 7.51. The smallest absolute Gasteiger partial charge is 0.303 e. The van der Waals surface area contributed by atoms with Gasteiger partial charge < -0.3 is 28.9 Å². The van der Waals surface area contributed by atoms with Crippen LogP contribution in [0.5, 0.6) is 11.5 Å². The fourth-order valence-electron chi connectivity index (χ4n) is 7.10. The molecule has 0 amide bonds. The Morgan fingerprint density at radius 1 is 0.827 bits per heavy atom. The summed E-state index contributed by atoms with van der Waals surface area (Å²) in [6.07, 6.45) is 3.27. The van der Waals surface area contributed by atoms with E-state index in [0.717, 1.165) is 78.4 Å². The van der Waals surface area contributed by atoms with Gasteiger partial charge in [-0.2, -0.15) is 0 Å². The number of hydrogen-bond acceptors (Lipinski definition) is 7. The van der Waals surface area contributed by atoms with E-state index in [0.29, 0.717) is 36.4 Å². The molecule has 0 aliphatic carbocycles. The van der Waals surface area contributed by atoms with Crippen LogP contribution in [0, 0.1) is 13.8 Å². The van der Waals surface area contributed by atoms with E-state index in [4.69, 9.17) is 14.6 Å². The number of para-hydroxylation sites is 3. The van der Waals surface area contributed by atoms with Crippen LogP contribution in [0.4, 0.5) is 17.1 Å². The van der Waals surface area contributed by atoms with Crippen molar-refractivity contribution >= 4 is 52.1 Å². The average Bonchev–Trinajstić information content (AvgIpc) is 3.51. The van der Waals surface area contributed by atoms with E-state index in [-0.39, 0.29) is 24.6 Å². The molecule has 6 rings (SSSR count). The standard InChI is InChI=1S/C42H48N4O5.ClH/c1-30-16-18-35(31(2)27-30)43(3)37-19-17-32(42(49)34-29-46(21-9-15-41(47)48)36-12-6-5-11-33(34)36)28-40(37)51-26-10-20-44-22-24-45(25-23-44)38-13-7-8-14-39(38)50-4;/h5-8,11-14,16-19,27-29H,9-10,15,20-26H2,1-4H3,(H,47,48);1H. The minimum Gasteiger partial charge on any atom is -0.495 e. The van der Waals surface area contributed by atoms with E-state index in [1.807, 2.05) is 72.4 Å². The first-order valence-corrected chi connectivity index (χ1v) is 17.8. The summed E-state index contributed by atoms with van der Waals surface area (Å²) < 4.78 is 14.1. The Morgan fingerprint density at radius 3 is 2.31 bits per heavy atom. The first kappa shape index (κ1) is 38.2. The second-order valence-electron chi connectivity index (χ2n) is 13.3. The van der Waals surface area contributed by atoms with Crippen molar-refractivity contribution in [2.24, 2.45) is 0 Å². The number of anilines is 3. The van der Waals surface area contributed by atoms with Crippen LogP contribution in [0.25, 0.3) is 10.9 Å². The SMILES string of the molecule is COc1ccccc1N1CCN(CCCOc2cc(C(=O)c3cn(CCCC(=O)O)c4ccccc34)ccc2N(C)c2ccc(C)cc2C)CC1.Cl. The Labute approximate surface area is 312 Å². The lowest BCUT2D eigenvalue weighted by Gasteiger charge is -2.36. The van der Waals surface area contributed by atoms with Gasteiger partial charge in [0.25, 0.3) is 0 Å². The van der Waals surface area contributed by atoms with E-state index in [1.165, 1.54) is 5.56 Å². The van der Waals surface area contributed by atoms with E-state index in [2.05, 4.69) is 58.9 Å². The molecule has 0 atom stereocenters. The number of carboxylic acid groups (broad SMARTS) is 1. The molecule has 274 valence electrons. The van der Waals surface area contributed by atoms with Crippen LogP contribution in [-0.2, 0) is 11.3 Å². The maximum atomic E-state index is 14.2. The Morgan fingerprint density at radius 2 is 1.56 bits per heavy atom. The fraction of sp³-hybridized carbons (Fsp3) is 0.333. The third kappa shape index (κ3) is 8.72. The van der Waals surface area contributed by atoms with E-state index < -0.39 is 5.97 Å². The Hall–Kier alpha value is -4.99. The molecule has 1 aromatic heterocycles. The average molecular weight is 725 g/mol. The number of methoxy groups -OCH3 is 1. The molecule has 1 aliphatic rings. The zero-order valence-corrected chi connectivity index (χ0v) is 31.3. The number of piperazine rings is 1. The highest BCUT2D eigenvalue weighted by Crippen LogP contribution is 2.37. The van der Waals surface area contributed by atoms with Crippen molar-refractivity contribution in [1.29, 1.82) is 0 Å². The molecule has 0 unspecified atom stereocenters. The predicted octanol–water partition coefficient (Wildman–Crippen LogP) is 8.14. The number of carboxylic acids is 1. The number of rotatable bonds is 15. The van der Waals surface area contributed by atoms with Crippen molar-refractivity contribution in [3.05, 3.63) is 113 Å². The first-order chi connectivity index (χ1) is 24.7. The lowest BCUT2D eigenvalue weighted by atomic mass is 10.0. The lowest BCUT2D eigenvalue weighted by molar-refractivity contribution is -0.137. The molecule has 0 radical (unpaired) electrons. The van der Waals surface area contributed by atoms with Crippen LogP contribution in [0.15, 0.2) is 91.1 Å². The summed E-state index contributed by atoms with van der Waals surface area (Å²) in [4.78, 5) is 32.3. The maximum absolute atomic E-state index is 14.2. The molecular formula is C42H49ClN4O5. The Bertz CT molecular complexity index is 2000. The van der Waals surface area contributed by atoms with Gasteiger partial charge in [0.15, 0.2) is 5.78 Å². The molecular weight excluding hydrogens is 676 g/mol. The Balaban J connectivity index is 0.00000523. The summed E-state index contributed by atoms with van der Waals surface area (Å²) in [7, 11) is 3.76. The van der Waals surface area contributed by atoms with Gasteiger partial charge in [-0.3, -0.25) is 14.5 Å². The molecule has 4 aromatic carbocycles. The molecule has 1 fully saturated rings. The van der Waals surface area contributed by atoms with Crippen LogP contribution in [0.3, 0.4) is 0 Å². The third-order valence-electron chi connectivity index (χ3n) is 9.79. The van der Waals surface area contributed by atoms with Gasteiger partial charge in [0.2, 0.25) is 0 Å². The van der Waals surface area contributed by atoms with Crippen molar-refractivity contribution in [3.8, 4) is 11.5 Å². The number of hydrogen-bond donors (Lipinski definition) is 1. The number of carbonyl (C=O) groups is 2. The molecule has 0 spiro atoms. The van der Waals surface area contributed by atoms with Gasteiger partial charge in [-0.05, 0) is 74.7 Å². The molecule has 1 aliphatic heterocycles. The number of fused-ring (bicyclic) bond motifs is 1. The predicted molar refractivity (Wildman–Crippen MR) is 212 cm³/mol. The topological polar surface area (TPSA) is 87.5 Å². The minimum atomic E-state index is -0.826. The largest absolute Gasteiger partial charge is 0.495 e. The summed E-state index contributed by atoms with van der Waals surface area (Å²) in [5.74, 6) is 0.646. The van der Waals surface area contributed by atoms with Crippen LogP contribution in [0.2, 0.25) is 0 Å². The van der Waals surface area contributed by atoms with Crippen LogP contribution < -0.4 is 19.3 Å². The Kier molecular flexibility index (Phi) is 12.9. The van der Waals surface area contributed by atoms with Gasteiger partial charge in [0, 0.05) is 86.7 Å². The molecule has 9 nitrogen and oxygen atoms in total. The summed E-state index contributed by atoms with van der Waals surface area (Å²) in [6, 6.07) is 28.1. The van der Waals surface area contributed by atoms with Crippen molar-refractivity contribution < 1.29 is 24.2 Å². The number of ketones is 1. The highest BCUT2D eigenvalue weighted by Gasteiger charge is 2.22. The van der Waals surface area contributed by atoms with Crippen molar-refractivity contribution in [1.82, 2.24) is 9.47 Å². The lowest BCUT2D eigenvalue weighted by Crippen LogP contribution is -2.46. The number of aliphatic carboxylic acids is 1. The number of halogens is 1. The molecule has 0 bridgehead atoms. The second-order valence-corrected chi connectivity index (χ2v) is 13.3. The fourth-order valence-corrected chi connectivity index (χ4v) is 7.10. The van der Waals surface area contributed by atoms with Crippen molar-refractivity contribution in [3.63, 3.8) is 0 Å². The molecule has 0 saturated carbocycles. The summed E-state index contributed by atoms with van der Waals surface area (Å²) >= 11 is 0. The quantitative estimate of drug-likeness (QED) is 0.0856. The van der Waals surface area contributed by atoms with Gasteiger partial charge in [-0.25, -0.2) is 0 Å². The van der Waals surface area contributed by atoms with Gasteiger partial charge in [0.05, 0.1) is 25.1 Å². The number of carbonyl (C=O) groups excluding carboxylic acids is 1. The van der Waals surface area contributed by atoms with Crippen molar-refractivity contribution in [2.45, 2.75) is 39.7 Å². The normalized spacial score (nSPS) is 13.1. The van der Waals surface area contributed by atoms with Crippen LogP contribution in [0.1, 0.15) is 46.3 Å². The number of benzene rings is 4. The molecule has 52 heavy (non-hydrogen) atoms. The van der Waals surface area contributed by atoms with Gasteiger partial charge in [0.1, 0.15) is 11.5 Å². The monoisotopic (exact) mass is 724 g/mol. The van der Waals surface area contributed by atoms with Crippen LogP contribution >= 0.6 is 12.4 Å². The zero-order chi connectivity index (χ0) is 35.9. The summed E-state index contributed by atoms with van der Waals surface area (Å²) in [5, 5.41) is 10.0. The molecule has 1 N–H and O–H groups in total. The zero-order valence-electron chi connectivity index (χ0n) is 30.5. The summed E-state index contributed by atoms with van der Waals surface area (Å²) in [6.45, 7) is 9.95. The maximum Gasteiger partial charge on any atom is 0.303 e. The highest BCUT2D eigenvalue weighted by atomic mass is 35.5. The van der Waals surface area contributed by atoms with Crippen molar-refractivity contribution in [2.75, 3.05) is 63.3 Å². The van der Waals surface area contributed by atoms with Gasteiger partial charge in [-0.1, -0.05) is 48.0 Å².